The number of aliphatic hydroxyl groups excluding tert-OH is 1. The molecule has 5 heteroatoms. The van der Waals surface area contributed by atoms with Crippen LogP contribution < -0.4 is 5.32 Å². The molecule has 0 aromatic carbocycles. The molecule has 0 saturated carbocycles. The summed E-state index contributed by atoms with van der Waals surface area (Å²) in [6.07, 6.45) is 5.20. The van der Waals surface area contributed by atoms with Gasteiger partial charge in [0, 0.05) is 19.3 Å². The SMILES string of the molecule is CCc1nc2c(C)cccn2c1C(=O)NCCCCCO. The van der Waals surface area contributed by atoms with Crippen molar-refractivity contribution in [2.45, 2.75) is 39.5 Å². The summed E-state index contributed by atoms with van der Waals surface area (Å²) in [5.41, 5.74) is 3.38. The Morgan fingerprint density at radius 2 is 2.19 bits per heavy atom. The third-order valence-electron chi connectivity index (χ3n) is 3.59. The Hall–Kier alpha value is -1.88. The number of aryl methyl sites for hydroxylation is 2. The molecular formula is C16H23N3O2. The molecule has 0 aliphatic carbocycles. The zero-order valence-electron chi connectivity index (χ0n) is 12.7. The lowest BCUT2D eigenvalue weighted by molar-refractivity contribution is 0.0946. The molecule has 0 fully saturated rings. The van der Waals surface area contributed by atoms with E-state index in [0.717, 1.165) is 42.6 Å². The highest BCUT2D eigenvalue weighted by Crippen LogP contribution is 2.16. The Labute approximate surface area is 125 Å². The Balaban J connectivity index is 2.16. The van der Waals surface area contributed by atoms with Crippen LogP contribution in [-0.2, 0) is 6.42 Å². The van der Waals surface area contributed by atoms with Gasteiger partial charge in [0.05, 0.1) is 5.69 Å². The molecule has 2 rings (SSSR count). The van der Waals surface area contributed by atoms with Crippen molar-refractivity contribution in [1.29, 1.82) is 0 Å². The fourth-order valence-corrected chi connectivity index (χ4v) is 2.44. The van der Waals surface area contributed by atoms with E-state index in [2.05, 4.69) is 10.3 Å². The van der Waals surface area contributed by atoms with Crippen LogP contribution >= 0.6 is 0 Å². The van der Waals surface area contributed by atoms with Gasteiger partial charge in [0.15, 0.2) is 0 Å². The second kappa shape index (κ2) is 7.22. The Bertz CT molecular complexity index is 619. The van der Waals surface area contributed by atoms with Crippen LogP contribution in [0.5, 0.6) is 0 Å². The predicted octanol–water partition coefficient (Wildman–Crippen LogP) is 2.10. The highest BCUT2D eigenvalue weighted by Gasteiger charge is 2.18. The molecular weight excluding hydrogens is 266 g/mol. The molecule has 2 aromatic heterocycles. The van der Waals surface area contributed by atoms with Gasteiger partial charge in [0.1, 0.15) is 11.3 Å². The van der Waals surface area contributed by atoms with Crippen LogP contribution in [0, 0.1) is 6.92 Å². The van der Waals surface area contributed by atoms with Crippen LogP contribution in [0.15, 0.2) is 18.3 Å². The summed E-state index contributed by atoms with van der Waals surface area (Å²) in [5, 5.41) is 11.7. The van der Waals surface area contributed by atoms with Gasteiger partial charge in [-0.1, -0.05) is 13.0 Å². The van der Waals surface area contributed by atoms with E-state index in [0.29, 0.717) is 12.2 Å². The molecule has 0 atom stereocenters. The van der Waals surface area contributed by atoms with E-state index in [4.69, 9.17) is 5.11 Å². The molecule has 0 radical (unpaired) electrons. The summed E-state index contributed by atoms with van der Waals surface area (Å²) in [6.45, 7) is 4.84. The van der Waals surface area contributed by atoms with Gasteiger partial charge in [0.2, 0.25) is 0 Å². The van der Waals surface area contributed by atoms with E-state index >= 15 is 0 Å². The summed E-state index contributed by atoms with van der Waals surface area (Å²) in [4.78, 5) is 17.0. The zero-order valence-corrected chi connectivity index (χ0v) is 12.7. The maximum atomic E-state index is 12.4. The zero-order chi connectivity index (χ0) is 15.2. The highest BCUT2D eigenvalue weighted by molar-refractivity contribution is 5.94. The van der Waals surface area contributed by atoms with Crippen LogP contribution in [0.1, 0.15) is 47.9 Å². The number of rotatable bonds is 7. The number of unbranched alkanes of at least 4 members (excludes halogenated alkanes) is 2. The van der Waals surface area contributed by atoms with E-state index in [-0.39, 0.29) is 12.5 Å². The van der Waals surface area contributed by atoms with Crippen LogP contribution in [-0.4, -0.2) is 33.6 Å². The number of fused-ring (bicyclic) bond motifs is 1. The van der Waals surface area contributed by atoms with Crippen molar-refractivity contribution in [3.8, 4) is 0 Å². The van der Waals surface area contributed by atoms with Gasteiger partial charge in [-0.2, -0.15) is 0 Å². The third-order valence-corrected chi connectivity index (χ3v) is 3.59. The summed E-state index contributed by atoms with van der Waals surface area (Å²) in [5.74, 6) is -0.0750. The second-order valence-corrected chi connectivity index (χ2v) is 5.19. The van der Waals surface area contributed by atoms with Gasteiger partial charge >= 0.3 is 0 Å². The lowest BCUT2D eigenvalue weighted by atomic mass is 10.2. The first-order valence-corrected chi connectivity index (χ1v) is 7.54. The number of nitrogens with zero attached hydrogens (tertiary/aromatic N) is 2. The van der Waals surface area contributed by atoms with Gasteiger partial charge in [-0.25, -0.2) is 4.98 Å². The van der Waals surface area contributed by atoms with E-state index in [1.165, 1.54) is 0 Å². The molecule has 114 valence electrons. The number of hydrogen-bond donors (Lipinski definition) is 2. The molecule has 2 N–H and O–H groups in total. The minimum absolute atomic E-state index is 0.0750. The van der Waals surface area contributed by atoms with Crippen LogP contribution in [0.4, 0.5) is 0 Å². The number of carbonyl (C=O) groups is 1. The van der Waals surface area contributed by atoms with Crippen molar-refractivity contribution < 1.29 is 9.90 Å². The number of hydrogen-bond acceptors (Lipinski definition) is 3. The van der Waals surface area contributed by atoms with Crippen molar-refractivity contribution in [1.82, 2.24) is 14.7 Å². The normalized spacial score (nSPS) is 11.0. The molecule has 21 heavy (non-hydrogen) atoms. The topological polar surface area (TPSA) is 66.6 Å². The lowest BCUT2D eigenvalue weighted by Crippen LogP contribution is -2.26. The smallest absolute Gasteiger partial charge is 0.270 e. The number of carbonyl (C=O) groups excluding carboxylic acids is 1. The molecule has 0 spiro atoms. The van der Waals surface area contributed by atoms with Crippen molar-refractivity contribution in [3.05, 3.63) is 35.3 Å². The summed E-state index contributed by atoms with van der Waals surface area (Å²) >= 11 is 0. The maximum Gasteiger partial charge on any atom is 0.270 e. The number of nitrogens with one attached hydrogen (secondary N) is 1. The molecule has 2 heterocycles. The van der Waals surface area contributed by atoms with Gasteiger partial charge in [-0.3, -0.25) is 9.20 Å². The molecule has 0 aliphatic heterocycles. The van der Waals surface area contributed by atoms with E-state index in [9.17, 15) is 4.79 Å². The first kappa shape index (κ1) is 15.5. The molecule has 2 aromatic rings. The van der Waals surface area contributed by atoms with Crippen molar-refractivity contribution in [2.75, 3.05) is 13.2 Å². The summed E-state index contributed by atoms with van der Waals surface area (Å²) < 4.78 is 1.87. The van der Waals surface area contributed by atoms with Crippen LogP contribution in [0.25, 0.3) is 5.65 Å². The number of imidazole rings is 1. The average molecular weight is 289 g/mol. The highest BCUT2D eigenvalue weighted by atomic mass is 16.2. The lowest BCUT2D eigenvalue weighted by Gasteiger charge is -2.06. The fourth-order valence-electron chi connectivity index (χ4n) is 2.44. The molecule has 0 aliphatic rings. The Kier molecular flexibility index (Phi) is 5.33. The molecule has 0 saturated heterocycles. The van der Waals surface area contributed by atoms with E-state index < -0.39 is 0 Å². The summed E-state index contributed by atoms with van der Waals surface area (Å²) in [7, 11) is 0. The molecule has 5 nitrogen and oxygen atoms in total. The molecule has 0 unspecified atom stereocenters. The fraction of sp³-hybridized carbons (Fsp3) is 0.500. The van der Waals surface area contributed by atoms with Gasteiger partial charge < -0.3 is 10.4 Å². The number of aromatic nitrogens is 2. The van der Waals surface area contributed by atoms with Crippen LogP contribution in [0.3, 0.4) is 0 Å². The minimum atomic E-state index is -0.0750. The van der Waals surface area contributed by atoms with Crippen molar-refractivity contribution in [2.24, 2.45) is 0 Å². The first-order chi connectivity index (χ1) is 10.2. The maximum absolute atomic E-state index is 12.4. The number of amides is 1. The first-order valence-electron chi connectivity index (χ1n) is 7.54. The van der Waals surface area contributed by atoms with Crippen molar-refractivity contribution >= 4 is 11.6 Å². The summed E-state index contributed by atoms with van der Waals surface area (Å²) in [6, 6.07) is 3.93. The van der Waals surface area contributed by atoms with Gasteiger partial charge in [-0.05, 0) is 44.2 Å². The van der Waals surface area contributed by atoms with Crippen molar-refractivity contribution in [3.63, 3.8) is 0 Å². The quantitative estimate of drug-likeness (QED) is 0.767. The van der Waals surface area contributed by atoms with Crippen LogP contribution in [0.2, 0.25) is 0 Å². The largest absolute Gasteiger partial charge is 0.396 e. The van der Waals surface area contributed by atoms with E-state index in [1.54, 1.807) is 0 Å². The number of pyridine rings is 1. The minimum Gasteiger partial charge on any atom is -0.396 e. The van der Waals surface area contributed by atoms with Gasteiger partial charge in [0.25, 0.3) is 5.91 Å². The average Bonchev–Trinajstić information content (AvgIpc) is 2.87. The Morgan fingerprint density at radius 1 is 1.38 bits per heavy atom. The standard InChI is InChI=1S/C16H23N3O2/c1-3-13-14(16(21)17-9-5-4-6-11-20)19-10-7-8-12(2)15(19)18-13/h7-8,10,20H,3-6,9,11H2,1-2H3,(H,17,21). The third kappa shape index (κ3) is 3.42. The monoisotopic (exact) mass is 289 g/mol. The predicted molar refractivity (Wildman–Crippen MR) is 82.6 cm³/mol. The second-order valence-electron chi connectivity index (χ2n) is 5.19. The molecule has 0 bridgehead atoms. The Morgan fingerprint density at radius 3 is 2.90 bits per heavy atom. The van der Waals surface area contributed by atoms with E-state index in [1.807, 2.05) is 36.6 Å². The number of aliphatic hydroxyl groups is 1. The molecule has 1 amide bonds. The van der Waals surface area contributed by atoms with Gasteiger partial charge in [-0.15, -0.1) is 0 Å².